The molecular formula is C20H27N3O3. The van der Waals surface area contributed by atoms with Gasteiger partial charge in [0.15, 0.2) is 0 Å². The molecule has 0 unspecified atom stereocenters. The minimum atomic E-state index is -0.806. The van der Waals surface area contributed by atoms with Crippen LogP contribution in [0.3, 0.4) is 0 Å². The molecule has 140 valence electrons. The largest absolute Gasteiger partial charge is 0.465 e. The number of likely N-dealkylation sites (tertiary alicyclic amines) is 1. The van der Waals surface area contributed by atoms with Gasteiger partial charge in [0, 0.05) is 38.5 Å². The number of hydrogen-bond donors (Lipinski definition) is 1. The number of nitriles is 1. The summed E-state index contributed by atoms with van der Waals surface area (Å²) in [6.07, 6.45) is 3.65. The van der Waals surface area contributed by atoms with E-state index in [-0.39, 0.29) is 12.1 Å². The van der Waals surface area contributed by atoms with Gasteiger partial charge >= 0.3 is 6.09 Å². The molecule has 0 aromatic heterocycles. The number of ether oxygens (including phenoxy) is 1. The number of carboxylic acid groups (broad SMARTS) is 1. The molecule has 2 aliphatic heterocycles. The fraction of sp³-hybridized carbons (Fsp3) is 0.600. The first-order chi connectivity index (χ1) is 12.6. The van der Waals surface area contributed by atoms with Crippen LogP contribution < -0.4 is 4.90 Å². The first-order valence-electron chi connectivity index (χ1n) is 9.34. The second-order valence-electron chi connectivity index (χ2n) is 7.35. The molecule has 2 atom stereocenters. The third-order valence-corrected chi connectivity index (χ3v) is 5.71. The molecule has 2 fully saturated rings. The molecule has 6 heteroatoms. The van der Waals surface area contributed by atoms with Crippen molar-refractivity contribution in [2.24, 2.45) is 5.92 Å². The normalized spacial score (nSPS) is 23.8. The van der Waals surface area contributed by atoms with Crippen molar-refractivity contribution in [3.63, 3.8) is 0 Å². The Morgan fingerprint density at radius 2 is 2.00 bits per heavy atom. The van der Waals surface area contributed by atoms with E-state index in [1.54, 1.807) is 7.11 Å². The summed E-state index contributed by atoms with van der Waals surface area (Å²) in [5.74, 6) is 0.549. The van der Waals surface area contributed by atoms with Gasteiger partial charge in [-0.25, -0.2) is 4.79 Å². The molecular weight excluding hydrogens is 330 g/mol. The molecule has 3 rings (SSSR count). The number of carbonyl (C=O) groups is 1. The Bertz CT molecular complexity index is 647. The van der Waals surface area contributed by atoms with Crippen LogP contribution in [0.25, 0.3) is 0 Å². The summed E-state index contributed by atoms with van der Waals surface area (Å²) in [5.41, 5.74) is 2.44. The minimum absolute atomic E-state index is 0.187. The quantitative estimate of drug-likeness (QED) is 0.876. The molecule has 2 saturated heterocycles. The molecule has 1 aromatic rings. The van der Waals surface area contributed by atoms with Crippen LogP contribution in [-0.2, 0) is 11.2 Å². The average Bonchev–Trinajstić information content (AvgIpc) is 3.06. The maximum atomic E-state index is 11.0. The SMILES string of the molecule is CO[C@@H]1C[C@H](CC#N)N(c2ccc(CC3CCN(C(=O)O)CC3)cc2)C1. The van der Waals surface area contributed by atoms with Crippen molar-refractivity contribution in [2.45, 2.75) is 44.2 Å². The molecule has 0 aliphatic carbocycles. The van der Waals surface area contributed by atoms with Crippen LogP contribution in [0.5, 0.6) is 0 Å². The van der Waals surface area contributed by atoms with Crippen LogP contribution in [-0.4, -0.2) is 55.0 Å². The van der Waals surface area contributed by atoms with Gasteiger partial charge in [-0.1, -0.05) is 12.1 Å². The predicted octanol–water partition coefficient (Wildman–Crippen LogP) is 3.13. The summed E-state index contributed by atoms with van der Waals surface area (Å²) >= 11 is 0. The first-order valence-corrected chi connectivity index (χ1v) is 9.34. The van der Waals surface area contributed by atoms with Crippen LogP contribution in [0.15, 0.2) is 24.3 Å². The van der Waals surface area contributed by atoms with E-state index in [0.29, 0.717) is 25.4 Å². The van der Waals surface area contributed by atoms with Crippen LogP contribution in [0, 0.1) is 17.2 Å². The van der Waals surface area contributed by atoms with E-state index >= 15 is 0 Å². The monoisotopic (exact) mass is 357 g/mol. The van der Waals surface area contributed by atoms with Crippen LogP contribution >= 0.6 is 0 Å². The maximum absolute atomic E-state index is 11.0. The van der Waals surface area contributed by atoms with Crippen molar-refractivity contribution in [3.05, 3.63) is 29.8 Å². The molecule has 0 spiro atoms. The summed E-state index contributed by atoms with van der Waals surface area (Å²) in [7, 11) is 1.73. The fourth-order valence-electron chi connectivity index (χ4n) is 4.14. The zero-order valence-electron chi connectivity index (χ0n) is 15.3. The minimum Gasteiger partial charge on any atom is -0.465 e. The van der Waals surface area contributed by atoms with Gasteiger partial charge in [0.2, 0.25) is 0 Å². The summed E-state index contributed by atoms with van der Waals surface area (Å²) in [6.45, 7) is 2.11. The highest BCUT2D eigenvalue weighted by molar-refractivity contribution is 5.65. The molecule has 2 aliphatic rings. The van der Waals surface area contributed by atoms with Gasteiger partial charge < -0.3 is 19.6 Å². The number of nitrogens with zero attached hydrogens (tertiary/aromatic N) is 3. The van der Waals surface area contributed by atoms with Gasteiger partial charge in [-0.3, -0.25) is 0 Å². The molecule has 1 N–H and O–H groups in total. The molecule has 2 heterocycles. The number of hydrogen-bond acceptors (Lipinski definition) is 4. The van der Waals surface area contributed by atoms with Gasteiger partial charge in [-0.15, -0.1) is 0 Å². The molecule has 26 heavy (non-hydrogen) atoms. The second-order valence-corrected chi connectivity index (χ2v) is 7.35. The number of benzene rings is 1. The average molecular weight is 357 g/mol. The molecule has 0 radical (unpaired) electrons. The molecule has 1 amide bonds. The van der Waals surface area contributed by atoms with Crippen molar-refractivity contribution >= 4 is 11.8 Å². The first kappa shape index (κ1) is 18.5. The smallest absolute Gasteiger partial charge is 0.407 e. The maximum Gasteiger partial charge on any atom is 0.407 e. The molecule has 0 saturated carbocycles. The van der Waals surface area contributed by atoms with E-state index in [0.717, 1.165) is 37.9 Å². The van der Waals surface area contributed by atoms with Crippen molar-refractivity contribution in [3.8, 4) is 6.07 Å². The highest BCUT2D eigenvalue weighted by Crippen LogP contribution is 2.30. The summed E-state index contributed by atoms with van der Waals surface area (Å²) in [6, 6.07) is 11.1. The molecule has 0 bridgehead atoms. The van der Waals surface area contributed by atoms with Crippen LogP contribution in [0.2, 0.25) is 0 Å². The van der Waals surface area contributed by atoms with E-state index in [9.17, 15) is 4.79 Å². The lowest BCUT2D eigenvalue weighted by molar-refractivity contribution is 0.118. The number of rotatable bonds is 5. The van der Waals surface area contributed by atoms with Gasteiger partial charge in [-0.05, 0) is 49.3 Å². The predicted molar refractivity (Wildman–Crippen MR) is 99.2 cm³/mol. The second kappa shape index (κ2) is 8.41. The Morgan fingerprint density at radius 3 is 2.58 bits per heavy atom. The zero-order chi connectivity index (χ0) is 18.5. The number of piperidine rings is 1. The topological polar surface area (TPSA) is 76.8 Å². The summed E-state index contributed by atoms with van der Waals surface area (Å²) in [5, 5.41) is 18.1. The van der Waals surface area contributed by atoms with E-state index in [2.05, 4.69) is 35.2 Å². The van der Waals surface area contributed by atoms with Gasteiger partial charge in [0.05, 0.1) is 18.6 Å². The highest BCUT2D eigenvalue weighted by Gasteiger charge is 2.32. The number of amides is 1. The van der Waals surface area contributed by atoms with Crippen LogP contribution in [0.4, 0.5) is 10.5 Å². The van der Waals surface area contributed by atoms with Crippen molar-refractivity contribution in [1.82, 2.24) is 4.90 Å². The Morgan fingerprint density at radius 1 is 1.31 bits per heavy atom. The third kappa shape index (κ3) is 4.28. The third-order valence-electron chi connectivity index (χ3n) is 5.71. The van der Waals surface area contributed by atoms with E-state index in [1.165, 1.54) is 10.5 Å². The van der Waals surface area contributed by atoms with Crippen molar-refractivity contribution in [1.29, 1.82) is 5.26 Å². The Balaban J connectivity index is 1.58. The number of anilines is 1. The van der Waals surface area contributed by atoms with Gasteiger partial charge in [0.25, 0.3) is 0 Å². The summed E-state index contributed by atoms with van der Waals surface area (Å²) in [4.78, 5) is 14.8. The Kier molecular flexibility index (Phi) is 6.00. The molecule has 6 nitrogen and oxygen atoms in total. The van der Waals surface area contributed by atoms with E-state index < -0.39 is 6.09 Å². The summed E-state index contributed by atoms with van der Waals surface area (Å²) < 4.78 is 5.49. The van der Waals surface area contributed by atoms with Gasteiger partial charge in [0.1, 0.15) is 0 Å². The lowest BCUT2D eigenvalue weighted by Gasteiger charge is -2.30. The lowest BCUT2D eigenvalue weighted by atomic mass is 9.90. The fourth-order valence-corrected chi connectivity index (χ4v) is 4.14. The Hall–Kier alpha value is -2.26. The van der Waals surface area contributed by atoms with E-state index in [1.807, 2.05) is 0 Å². The number of methoxy groups -OCH3 is 1. The standard InChI is InChI=1S/C20H27N3O3/c1-26-19-13-18(6-9-21)23(14-19)17-4-2-15(3-5-17)12-16-7-10-22(11-8-16)20(24)25/h2-5,16,18-19H,6-8,10-14H2,1H3,(H,24,25)/t18-,19+/m0/s1. The lowest BCUT2D eigenvalue weighted by Crippen LogP contribution is -2.37. The Labute approximate surface area is 155 Å². The zero-order valence-corrected chi connectivity index (χ0v) is 15.3. The molecule has 1 aromatic carbocycles. The van der Waals surface area contributed by atoms with E-state index in [4.69, 9.17) is 15.1 Å². The van der Waals surface area contributed by atoms with Crippen molar-refractivity contribution in [2.75, 3.05) is 31.6 Å². The van der Waals surface area contributed by atoms with Gasteiger partial charge in [-0.2, -0.15) is 5.26 Å². The highest BCUT2D eigenvalue weighted by atomic mass is 16.5. The van der Waals surface area contributed by atoms with Crippen molar-refractivity contribution < 1.29 is 14.6 Å². The van der Waals surface area contributed by atoms with Crippen LogP contribution in [0.1, 0.15) is 31.2 Å².